The molecule has 2 aromatic rings. The van der Waals surface area contributed by atoms with E-state index in [0.29, 0.717) is 0 Å². The molecule has 0 aliphatic rings. The Labute approximate surface area is 127 Å². The number of pyridine rings is 1. The summed E-state index contributed by atoms with van der Waals surface area (Å²) in [4.78, 5) is 4.44. The van der Waals surface area contributed by atoms with Crippen LogP contribution in [-0.4, -0.2) is 24.7 Å². The lowest BCUT2D eigenvalue weighted by Gasteiger charge is -2.27. The van der Waals surface area contributed by atoms with Crippen molar-refractivity contribution in [2.75, 3.05) is 13.7 Å². The molecule has 1 aromatic carbocycles. The van der Waals surface area contributed by atoms with E-state index in [1.807, 2.05) is 24.4 Å². The van der Waals surface area contributed by atoms with Gasteiger partial charge >= 0.3 is 0 Å². The Morgan fingerprint density at radius 2 is 1.86 bits per heavy atom. The van der Waals surface area contributed by atoms with Gasteiger partial charge in [-0.25, -0.2) is 0 Å². The first-order chi connectivity index (χ1) is 10.3. The number of hydrogen-bond acceptors (Lipinski definition) is 3. The van der Waals surface area contributed by atoms with Crippen LogP contribution in [0.25, 0.3) is 0 Å². The van der Waals surface area contributed by atoms with E-state index in [0.717, 1.165) is 25.1 Å². The van der Waals surface area contributed by atoms with E-state index in [-0.39, 0.29) is 12.1 Å². The van der Waals surface area contributed by atoms with E-state index in [9.17, 15) is 0 Å². The smallest absolute Gasteiger partial charge is 0.0977 e. The molecular weight excluding hydrogens is 260 g/mol. The summed E-state index contributed by atoms with van der Waals surface area (Å²) in [6.07, 6.45) is 3.83. The zero-order valence-electron chi connectivity index (χ0n) is 12.8. The molecule has 1 N–H and O–H groups in total. The van der Waals surface area contributed by atoms with Crippen molar-refractivity contribution < 1.29 is 4.74 Å². The molecule has 0 radical (unpaired) electrons. The summed E-state index contributed by atoms with van der Waals surface area (Å²) >= 11 is 0. The quantitative estimate of drug-likeness (QED) is 0.807. The first kappa shape index (κ1) is 15.7. The highest BCUT2D eigenvalue weighted by Gasteiger charge is 2.23. The Hall–Kier alpha value is -1.71. The van der Waals surface area contributed by atoms with Crippen molar-refractivity contribution >= 4 is 0 Å². The topological polar surface area (TPSA) is 34.2 Å². The van der Waals surface area contributed by atoms with Gasteiger partial charge in [0.05, 0.1) is 6.10 Å². The third-order valence-corrected chi connectivity index (χ3v) is 3.56. The van der Waals surface area contributed by atoms with Crippen molar-refractivity contribution in [1.82, 2.24) is 10.3 Å². The largest absolute Gasteiger partial charge is 0.375 e. The van der Waals surface area contributed by atoms with Crippen LogP contribution in [0.4, 0.5) is 0 Å². The lowest BCUT2D eigenvalue weighted by atomic mass is 9.97. The van der Waals surface area contributed by atoms with Crippen molar-refractivity contribution in [3.05, 3.63) is 66.0 Å². The van der Waals surface area contributed by atoms with Gasteiger partial charge in [0, 0.05) is 31.5 Å². The molecule has 21 heavy (non-hydrogen) atoms. The summed E-state index contributed by atoms with van der Waals surface area (Å²) in [7, 11) is 1.77. The summed E-state index contributed by atoms with van der Waals surface area (Å²) in [5.41, 5.74) is 2.29. The van der Waals surface area contributed by atoms with Crippen LogP contribution in [0.3, 0.4) is 0 Å². The van der Waals surface area contributed by atoms with E-state index in [1.165, 1.54) is 5.56 Å². The Balaban J connectivity index is 2.17. The zero-order chi connectivity index (χ0) is 14.9. The van der Waals surface area contributed by atoms with Crippen LogP contribution in [0.1, 0.15) is 30.7 Å². The number of benzene rings is 1. The van der Waals surface area contributed by atoms with Crippen molar-refractivity contribution in [2.45, 2.75) is 31.9 Å². The Kier molecular flexibility index (Phi) is 6.38. The van der Waals surface area contributed by atoms with E-state index in [1.54, 1.807) is 7.11 Å². The van der Waals surface area contributed by atoms with Gasteiger partial charge < -0.3 is 10.1 Å². The minimum Gasteiger partial charge on any atom is -0.375 e. The standard InChI is InChI=1S/C18H24N2O/c1-3-12-20-17(14-16-11-7-8-13-19-16)18(21-2)15-9-5-4-6-10-15/h4-11,13,17-18,20H,3,12,14H2,1-2H3. The Bertz CT molecular complexity index is 501. The minimum atomic E-state index is 0.0276. The van der Waals surface area contributed by atoms with Crippen LogP contribution in [0.5, 0.6) is 0 Å². The Morgan fingerprint density at radius 1 is 1.10 bits per heavy atom. The van der Waals surface area contributed by atoms with Crippen molar-refractivity contribution in [2.24, 2.45) is 0 Å². The predicted octanol–water partition coefficient (Wildman–Crippen LogP) is 3.38. The van der Waals surface area contributed by atoms with Gasteiger partial charge in [-0.15, -0.1) is 0 Å². The number of hydrogen-bond donors (Lipinski definition) is 1. The fraction of sp³-hybridized carbons (Fsp3) is 0.389. The zero-order valence-corrected chi connectivity index (χ0v) is 12.8. The lowest BCUT2D eigenvalue weighted by Crippen LogP contribution is -2.38. The molecule has 112 valence electrons. The van der Waals surface area contributed by atoms with Gasteiger partial charge in [0.25, 0.3) is 0 Å². The number of nitrogens with one attached hydrogen (secondary N) is 1. The fourth-order valence-electron chi connectivity index (χ4n) is 2.54. The number of aromatic nitrogens is 1. The van der Waals surface area contributed by atoms with Crippen molar-refractivity contribution in [3.63, 3.8) is 0 Å². The van der Waals surface area contributed by atoms with Gasteiger partial charge in [-0.1, -0.05) is 43.3 Å². The van der Waals surface area contributed by atoms with Crippen LogP contribution in [0.2, 0.25) is 0 Å². The maximum Gasteiger partial charge on any atom is 0.0977 e. The van der Waals surface area contributed by atoms with Gasteiger partial charge in [-0.2, -0.15) is 0 Å². The molecule has 3 nitrogen and oxygen atoms in total. The number of rotatable bonds is 8. The van der Waals surface area contributed by atoms with Crippen LogP contribution < -0.4 is 5.32 Å². The molecule has 2 unspecified atom stereocenters. The number of nitrogens with zero attached hydrogens (tertiary/aromatic N) is 1. The Morgan fingerprint density at radius 3 is 2.48 bits per heavy atom. The third-order valence-electron chi connectivity index (χ3n) is 3.56. The summed E-state index contributed by atoms with van der Waals surface area (Å²) < 4.78 is 5.78. The predicted molar refractivity (Wildman–Crippen MR) is 86.2 cm³/mol. The number of methoxy groups -OCH3 is 1. The molecule has 0 bridgehead atoms. The van der Waals surface area contributed by atoms with Crippen LogP contribution in [0.15, 0.2) is 54.7 Å². The summed E-state index contributed by atoms with van der Waals surface area (Å²) in [5.74, 6) is 0. The second-order valence-electron chi connectivity index (χ2n) is 5.15. The van der Waals surface area contributed by atoms with E-state index < -0.39 is 0 Å². The van der Waals surface area contributed by atoms with Crippen LogP contribution in [-0.2, 0) is 11.2 Å². The first-order valence-electron chi connectivity index (χ1n) is 7.56. The van der Waals surface area contributed by atoms with E-state index >= 15 is 0 Å². The van der Waals surface area contributed by atoms with Gasteiger partial charge in [0.2, 0.25) is 0 Å². The second kappa shape index (κ2) is 8.55. The fourth-order valence-corrected chi connectivity index (χ4v) is 2.54. The maximum atomic E-state index is 5.78. The SMILES string of the molecule is CCCNC(Cc1ccccn1)C(OC)c1ccccc1. The van der Waals surface area contributed by atoms with Crippen LogP contribution >= 0.6 is 0 Å². The molecule has 1 aromatic heterocycles. The van der Waals surface area contributed by atoms with Gasteiger partial charge in [0.15, 0.2) is 0 Å². The molecule has 0 spiro atoms. The van der Waals surface area contributed by atoms with Crippen molar-refractivity contribution in [3.8, 4) is 0 Å². The highest BCUT2D eigenvalue weighted by atomic mass is 16.5. The molecule has 0 saturated heterocycles. The van der Waals surface area contributed by atoms with Gasteiger partial charge in [-0.05, 0) is 30.7 Å². The molecule has 2 atom stereocenters. The molecule has 0 amide bonds. The summed E-state index contributed by atoms with van der Waals surface area (Å²) in [6, 6.07) is 16.6. The molecular formula is C18H24N2O. The second-order valence-corrected chi connectivity index (χ2v) is 5.15. The molecule has 2 rings (SSSR count). The third kappa shape index (κ3) is 4.66. The molecule has 0 aliphatic heterocycles. The van der Waals surface area contributed by atoms with Gasteiger partial charge in [-0.3, -0.25) is 4.98 Å². The monoisotopic (exact) mass is 284 g/mol. The normalized spacial score (nSPS) is 13.8. The van der Waals surface area contributed by atoms with E-state index in [4.69, 9.17) is 4.74 Å². The lowest BCUT2D eigenvalue weighted by molar-refractivity contribution is 0.0675. The average Bonchev–Trinajstić information content (AvgIpc) is 2.55. The summed E-state index contributed by atoms with van der Waals surface area (Å²) in [5, 5.41) is 3.60. The highest BCUT2D eigenvalue weighted by molar-refractivity contribution is 5.20. The molecule has 0 fully saturated rings. The molecule has 1 heterocycles. The maximum absolute atomic E-state index is 5.78. The average molecular weight is 284 g/mol. The van der Waals surface area contributed by atoms with Crippen LogP contribution in [0, 0.1) is 0 Å². The highest BCUT2D eigenvalue weighted by Crippen LogP contribution is 2.22. The molecule has 0 aliphatic carbocycles. The van der Waals surface area contributed by atoms with Gasteiger partial charge in [0.1, 0.15) is 0 Å². The summed E-state index contributed by atoms with van der Waals surface area (Å²) in [6.45, 7) is 3.15. The van der Waals surface area contributed by atoms with E-state index in [2.05, 4.69) is 47.6 Å². The first-order valence-corrected chi connectivity index (χ1v) is 7.56. The number of ether oxygens (including phenoxy) is 1. The minimum absolute atomic E-state index is 0.0276. The molecule has 3 heteroatoms. The molecule has 0 saturated carbocycles. The van der Waals surface area contributed by atoms with Crippen molar-refractivity contribution in [1.29, 1.82) is 0 Å².